The minimum absolute atomic E-state index is 0.0454. The molecular formula is C43H46Cl2N8O7. The summed E-state index contributed by atoms with van der Waals surface area (Å²) in [7, 11) is 2.59. The number of hydrogen-bond acceptors (Lipinski definition) is 9. The van der Waals surface area contributed by atoms with Gasteiger partial charge < -0.3 is 44.6 Å². The quantitative estimate of drug-likeness (QED) is 0.131. The number of fused-ring (bicyclic) bond motifs is 2. The number of nitrogens with one attached hydrogen (secondary N) is 4. The van der Waals surface area contributed by atoms with Crippen LogP contribution in [-0.4, -0.2) is 105 Å². The van der Waals surface area contributed by atoms with Gasteiger partial charge in [-0.05, 0) is 72.8 Å². The first-order valence-corrected chi connectivity index (χ1v) is 21.5. The molecule has 6 heterocycles. The van der Waals surface area contributed by atoms with Gasteiger partial charge in [-0.3, -0.25) is 9.59 Å². The Morgan fingerprint density at radius 1 is 0.767 bits per heavy atom. The number of nitrogens with zero attached hydrogens (tertiary/aromatic N) is 4. The normalized spacial score (nSPS) is 28.0. The number of alkyl carbamates (subject to hydrolysis) is 2. The molecule has 15 nitrogen and oxygen atoms in total. The predicted octanol–water partition coefficient (Wildman–Crippen LogP) is 6.52. The Balaban J connectivity index is 0.833. The summed E-state index contributed by atoms with van der Waals surface area (Å²) in [5.41, 5.74) is 4.87. The minimum Gasteiger partial charge on any atom is -0.453 e. The number of amides is 4. The molecule has 3 saturated carbocycles. The number of hydrogen-bond donors (Lipinski definition) is 4. The van der Waals surface area contributed by atoms with E-state index in [0.29, 0.717) is 89.5 Å². The Morgan fingerprint density at radius 3 is 1.90 bits per heavy atom. The SMILES string of the molecule is CCC(NC(=O)OC)C(=O)N1C(c2nc(-c3ccc(-c4ccc(-c5nc(C6C7C8C7C8N6C(=O)C(NC(=O)OC)C6CCOCC6)[nH]c5Cl)cc4)cc3)c(Cl)[nH]2)CC2CC21. The standard InChI is InChI=1S/C43H46Cl2N8O7/c1-4-25(46-42(56)58-2)40(54)52-26-17-24(26)18-27(52)38-47-31(36(44)50-38)21-9-5-19(6-10-21)20-7-11-22(12-8-20)32-37(45)51-39(48-32)35-30-28-29(30)34(28)53(35)41(55)33(49-43(57)59-3)23-13-15-60-16-14-23/h5-12,23-30,33-35H,4,13-18H2,1-3H3,(H,46,56)(H,47,50)(H,48,51)(H,49,57). The summed E-state index contributed by atoms with van der Waals surface area (Å²) in [5, 5.41) is 6.31. The summed E-state index contributed by atoms with van der Waals surface area (Å²) < 4.78 is 15.2. The molecule has 60 heavy (non-hydrogen) atoms. The Hall–Kier alpha value is -5.12. The molecule has 4 N–H and O–H groups in total. The van der Waals surface area contributed by atoms with E-state index in [2.05, 4.69) is 20.6 Å². The zero-order valence-electron chi connectivity index (χ0n) is 33.3. The number of rotatable bonds is 11. The first kappa shape index (κ1) is 39.0. The summed E-state index contributed by atoms with van der Waals surface area (Å²) in [6.07, 6.45) is 2.27. The molecule has 0 radical (unpaired) electrons. The molecule has 7 aliphatic rings. The fourth-order valence-corrected chi connectivity index (χ4v) is 10.9. The number of aromatic nitrogens is 4. The fraction of sp³-hybridized carbons (Fsp3) is 0.488. The van der Waals surface area contributed by atoms with Crippen molar-refractivity contribution < 1.29 is 33.4 Å². The van der Waals surface area contributed by atoms with E-state index < -0.39 is 24.3 Å². The van der Waals surface area contributed by atoms with Gasteiger partial charge in [-0.15, -0.1) is 0 Å². The van der Waals surface area contributed by atoms with E-state index in [4.69, 9.17) is 47.4 Å². The van der Waals surface area contributed by atoms with E-state index in [0.717, 1.165) is 35.1 Å². The number of benzene rings is 2. The van der Waals surface area contributed by atoms with Crippen molar-refractivity contribution in [1.82, 2.24) is 40.4 Å². The van der Waals surface area contributed by atoms with E-state index in [-0.39, 0.29) is 41.9 Å². The predicted molar refractivity (Wildman–Crippen MR) is 219 cm³/mol. The third-order valence-corrected chi connectivity index (χ3v) is 14.2. The van der Waals surface area contributed by atoms with Gasteiger partial charge in [0.05, 0.1) is 26.3 Å². The topological polar surface area (TPSA) is 184 Å². The molecule has 8 atom stereocenters. The molecule has 3 aliphatic carbocycles. The van der Waals surface area contributed by atoms with E-state index in [1.54, 1.807) is 0 Å². The van der Waals surface area contributed by atoms with Crippen molar-refractivity contribution in [3.8, 4) is 33.6 Å². The largest absolute Gasteiger partial charge is 0.453 e. The van der Waals surface area contributed by atoms with Crippen LogP contribution in [0.1, 0.15) is 62.8 Å². The first-order valence-electron chi connectivity index (χ1n) is 20.7. The summed E-state index contributed by atoms with van der Waals surface area (Å²) >= 11 is 13.6. The molecule has 2 aromatic carbocycles. The summed E-state index contributed by atoms with van der Waals surface area (Å²) in [6.45, 7) is 2.95. The Morgan fingerprint density at radius 2 is 1.32 bits per heavy atom. The van der Waals surface area contributed by atoms with Gasteiger partial charge >= 0.3 is 12.2 Å². The van der Waals surface area contributed by atoms with Crippen molar-refractivity contribution in [1.29, 1.82) is 0 Å². The highest BCUT2D eigenvalue weighted by atomic mass is 35.5. The van der Waals surface area contributed by atoms with Crippen molar-refractivity contribution in [3.63, 3.8) is 0 Å². The molecular weight excluding hydrogens is 811 g/mol. The van der Waals surface area contributed by atoms with Crippen LogP contribution in [0, 0.1) is 29.6 Å². The molecule has 2 bridgehead atoms. The van der Waals surface area contributed by atoms with Crippen LogP contribution >= 0.6 is 23.2 Å². The molecule has 8 unspecified atom stereocenters. The molecule has 4 saturated heterocycles. The Labute approximate surface area is 356 Å². The van der Waals surface area contributed by atoms with Crippen LogP contribution in [0.5, 0.6) is 0 Å². The number of H-pyrrole nitrogens is 2. The van der Waals surface area contributed by atoms with Gasteiger partial charge in [0.2, 0.25) is 11.8 Å². The summed E-state index contributed by atoms with van der Waals surface area (Å²) in [6, 6.07) is 14.4. The van der Waals surface area contributed by atoms with Crippen molar-refractivity contribution in [2.45, 2.75) is 75.3 Å². The van der Waals surface area contributed by atoms with Gasteiger partial charge in [-0.1, -0.05) is 78.7 Å². The average molecular weight is 858 g/mol. The maximum Gasteiger partial charge on any atom is 0.407 e. The molecule has 2 aromatic heterocycles. The highest BCUT2D eigenvalue weighted by Crippen LogP contribution is 2.81. The molecule has 314 valence electrons. The number of methoxy groups -OCH3 is 2. The zero-order valence-corrected chi connectivity index (χ0v) is 34.8. The number of aromatic amines is 2. The monoisotopic (exact) mass is 856 g/mol. The van der Waals surface area contributed by atoms with Crippen LogP contribution in [0.15, 0.2) is 48.5 Å². The Bertz CT molecular complexity index is 2340. The summed E-state index contributed by atoms with van der Waals surface area (Å²) in [5.74, 6) is 2.66. The van der Waals surface area contributed by atoms with Gasteiger partial charge in [0.15, 0.2) is 0 Å². The van der Waals surface area contributed by atoms with Crippen molar-refractivity contribution >= 4 is 47.2 Å². The van der Waals surface area contributed by atoms with Crippen molar-refractivity contribution in [3.05, 3.63) is 70.5 Å². The van der Waals surface area contributed by atoms with Gasteiger partial charge in [-0.2, -0.15) is 0 Å². The Kier molecular flexibility index (Phi) is 9.83. The molecule has 4 aromatic rings. The molecule has 7 fully saturated rings. The van der Waals surface area contributed by atoms with Crippen LogP contribution in [-0.2, 0) is 23.8 Å². The molecule has 17 heteroatoms. The van der Waals surface area contributed by atoms with E-state index >= 15 is 0 Å². The fourth-order valence-electron chi connectivity index (χ4n) is 10.4. The number of carbonyl (C=O) groups is 4. The lowest BCUT2D eigenvalue weighted by molar-refractivity contribution is -0.137. The van der Waals surface area contributed by atoms with E-state index in [1.165, 1.54) is 14.2 Å². The van der Waals surface area contributed by atoms with Gasteiger partial charge in [-0.25, -0.2) is 19.6 Å². The van der Waals surface area contributed by atoms with Crippen LogP contribution in [0.3, 0.4) is 0 Å². The smallest absolute Gasteiger partial charge is 0.407 e. The molecule has 4 amide bonds. The second-order valence-electron chi connectivity index (χ2n) is 16.9. The lowest BCUT2D eigenvalue weighted by atomic mass is 9.90. The number of likely N-dealkylation sites (tertiary alicyclic amines) is 1. The van der Waals surface area contributed by atoms with Crippen LogP contribution < -0.4 is 10.6 Å². The third kappa shape index (κ3) is 6.60. The van der Waals surface area contributed by atoms with Crippen LogP contribution in [0.2, 0.25) is 10.3 Å². The van der Waals surface area contributed by atoms with Gasteiger partial charge in [0.1, 0.15) is 45.4 Å². The second kappa shape index (κ2) is 15.1. The highest BCUT2D eigenvalue weighted by molar-refractivity contribution is 6.32. The summed E-state index contributed by atoms with van der Waals surface area (Å²) in [4.78, 5) is 72.4. The maximum absolute atomic E-state index is 14.3. The zero-order chi connectivity index (χ0) is 41.6. The number of piperidine rings is 2. The van der Waals surface area contributed by atoms with Gasteiger partial charge in [0, 0.05) is 36.4 Å². The van der Waals surface area contributed by atoms with E-state index in [9.17, 15) is 19.2 Å². The lowest BCUT2D eigenvalue weighted by Gasteiger charge is -2.34. The number of ether oxygens (including phenoxy) is 3. The van der Waals surface area contributed by atoms with Gasteiger partial charge in [0.25, 0.3) is 0 Å². The van der Waals surface area contributed by atoms with Crippen molar-refractivity contribution in [2.75, 3.05) is 27.4 Å². The minimum atomic E-state index is -0.703. The van der Waals surface area contributed by atoms with Crippen LogP contribution in [0.4, 0.5) is 9.59 Å². The van der Waals surface area contributed by atoms with Crippen molar-refractivity contribution in [2.24, 2.45) is 29.6 Å². The molecule has 11 rings (SSSR count). The van der Waals surface area contributed by atoms with E-state index in [1.807, 2.05) is 65.3 Å². The molecule has 4 aliphatic heterocycles. The third-order valence-electron chi connectivity index (χ3n) is 13.7. The first-order chi connectivity index (χ1) is 29.1. The maximum atomic E-state index is 14.3. The highest BCUT2D eigenvalue weighted by Gasteiger charge is 2.86. The molecule has 0 spiro atoms. The van der Waals surface area contributed by atoms with Crippen LogP contribution in [0.25, 0.3) is 33.6 Å². The second-order valence-corrected chi connectivity index (χ2v) is 17.6. The number of imidazole rings is 2. The number of halogens is 2. The lowest BCUT2D eigenvalue weighted by Crippen LogP contribution is -2.53. The average Bonchev–Trinajstić information content (AvgIpc) is 4.14. The number of carbonyl (C=O) groups excluding carboxylic acids is 4.